The largest absolute Gasteiger partial charge is 0.456 e. The molecule has 0 saturated carbocycles. The molecule has 2 nitrogen and oxygen atoms in total. The van der Waals surface area contributed by atoms with Crippen molar-refractivity contribution in [3.05, 3.63) is 188 Å². The Morgan fingerprint density at radius 3 is 1.83 bits per heavy atom. The lowest BCUT2D eigenvalue weighted by Gasteiger charge is -2.28. The minimum atomic E-state index is 0.855. The van der Waals surface area contributed by atoms with Gasteiger partial charge in [-0.1, -0.05) is 140 Å². The zero-order valence-electron chi connectivity index (χ0n) is 26.3. The first kappa shape index (κ1) is 27.9. The number of anilines is 3. The molecule has 48 heavy (non-hydrogen) atoms. The molecular formula is C46H31NO. The Hall–Kier alpha value is -6.38. The summed E-state index contributed by atoms with van der Waals surface area (Å²) in [6, 6.07) is 66.9. The van der Waals surface area contributed by atoms with Crippen LogP contribution < -0.4 is 4.90 Å². The van der Waals surface area contributed by atoms with Gasteiger partial charge in [0.25, 0.3) is 0 Å². The van der Waals surface area contributed by atoms with E-state index in [1.54, 1.807) is 0 Å². The van der Waals surface area contributed by atoms with Gasteiger partial charge in [-0.3, -0.25) is 0 Å². The van der Waals surface area contributed by atoms with E-state index in [2.05, 4.69) is 175 Å². The van der Waals surface area contributed by atoms with E-state index >= 15 is 0 Å². The van der Waals surface area contributed by atoms with Crippen molar-refractivity contribution in [1.82, 2.24) is 0 Å². The highest BCUT2D eigenvalue weighted by atomic mass is 16.3. The highest BCUT2D eigenvalue weighted by Gasteiger charge is 2.19. The fraction of sp³-hybridized carbons (Fsp3) is 0. The van der Waals surface area contributed by atoms with E-state index in [4.69, 9.17) is 4.42 Å². The molecule has 0 aliphatic rings. The van der Waals surface area contributed by atoms with Crippen molar-refractivity contribution in [2.75, 3.05) is 4.90 Å². The summed E-state index contributed by atoms with van der Waals surface area (Å²) in [6.45, 7) is 0. The first-order chi connectivity index (χ1) is 23.8. The number of rotatable bonds is 6. The average Bonchev–Trinajstić information content (AvgIpc) is 3.61. The van der Waals surface area contributed by atoms with Crippen LogP contribution >= 0.6 is 0 Å². The number of fused-ring (bicyclic) bond motifs is 4. The minimum Gasteiger partial charge on any atom is -0.456 e. The molecule has 8 aromatic carbocycles. The van der Waals surface area contributed by atoms with Gasteiger partial charge in [0.2, 0.25) is 0 Å². The average molecular weight is 614 g/mol. The molecule has 0 N–H and O–H groups in total. The Labute approximate surface area is 279 Å². The molecule has 0 aliphatic heterocycles. The van der Waals surface area contributed by atoms with Crippen LogP contribution in [0.25, 0.3) is 66.1 Å². The van der Waals surface area contributed by atoms with Gasteiger partial charge in [-0.2, -0.15) is 0 Å². The molecule has 0 fully saturated rings. The number of nitrogens with zero attached hydrogens (tertiary/aromatic N) is 1. The lowest BCUT2D eigenvalue weighted by atomic mass is 9.93. The molecule has 0 saturated heterocycles. The third kappa shape index (κ3) is 4.92. The van der Waals surface area contributed by atoms with Crippen LogP contribution in [0.15, 0.2) is 192 Å². The molecule has 1 heterocycles. The Bertz CT molecular complexity index is 2530. The van der Waals surface area contributed by atoms with Crippen molar-refractivity contribution < 1.29 is 4.42 Å². The molecule has 226 valence electrons. The van der Waals surface area contributed by atoms with Gasteiger partial charge in [0.15, 0.2) is 0 Å². The van der Waals surface area contributed by atoms with Crippen LogP contribution in [0.2, 0.25) is 0 Å². The molecule has 0 atom stereocenters. The third-order valence-corrected chi connectivity index (χ3v) is 9.25. The Morgan fingerprint density at radius 1 is 0.354 bits per heavy atom. The maximum Gasteiger partial charge on any atom is 0.135 e. The highest BCUT2D eigenvalue weighted by molar-refractivity contribution is 6.13. The molecule has 9 rings (SSSR count). The van der Waals surface area contributed by atoms with Crippen molar-refractivity contribution >= 4 is 49.6 Å². The lowest BCUT2D eigenvalue weighted by Crippen LogP contribution is -2.11. The molecular weight excluding hydrogens is 583 g/mol. The van der Waals surface area contributed by atoms with Crippen molar-refractivity contribution in [3.63, 3.8) is 0 Å². The van der Waals surface area contributed by atoms with E-state index < -0.39 is 0 Å². The van der Waals surface area contributed by atoms with Gasteiger partial charge in [-0.05, 0) is 86.8 Å². The van der Waals surface area contributed by atoms with E-state index in [-0.39, 0.29) is 0 Å². The lowest BCUT2D eigenvalue weighted by molar-refractivity contribution is 0.631. The molecule has 1 aromatic heterocycles. The first-order valence-corrected chi connectivity index (χ1v) is 16.3. The van der Waals surface area contributed by atoms with E-state index in [1.165, 1.54) is 38.2 Å². The van der Waals surface area contributed by atoms with Gasteiger partial charge in [0.05, 0.1) is 5.69 Å². The van der Waals surface area contributed by atoms with Crippen molar-refractivity contribution in [2.24, 2.45) is 0 Å². The normalized spacial score (nSPS) is 11.3. The van der Waals surface area contributed by atoms with Gasteiger partial charge in [0, 0.05) is 27.9 Å². The smallest absolute Gasteiger partial charge is 0.135 e. The maximum absolute atomic E-state index is 6.31. The summed E-state index contributed by atoms with van der Waals surface area (Å²) in [5.41, 5.74) is 9.92. The predicted octanol–water partition coefficient (Wildman–Crippen LogP) is 13.2. The second-order valence-electron chi connectivity index (χ2n) is 12.2. The summed E-state index contributed by atoms with van der Waals surface area (Å²) in [7, 11) is 0. The van der Waals surface area contributed by atoms with Gasteiger partial charge < -0.3 is 9.32 Å². The number of para-hydroxylation sites is 2. The summed E-state index contributed by atoms with van der Waals surface area (Å²) in [4.78, 5) is 2.36. The van der Waals surface area contributed by atoms with Crippen molar-refractivity contribution in [2.45, 2.75) is 0 Å². The first-order valence-electron chi connectivity index (χ1n) is 16.3. The van der Waals surface area contributed by atoms with Crippen molar-refractivity contribution in [3.8, 4) is 33.6 Å². The van der Waals surface area contributed by atoms with E-state index in [9.17, 15) is 0 Å². The van der Waals surface area contributed by atoms with E-state index in [1.807, 2.05) is 18.2 Å². The minimum absolute atomic E-state index is 0.855. The zero-order valence-corrected chi connectivity index (χ0v) is 26.3. The molecule has 0 spiro atoms. The van der Waals surface area contributed by atoms with Crippen LogP contribution in [0, 0.1) is 0 Å². The summed E-state index contributed by atoms with van der Waals surface area (Å²) in [6.07, 6.45) is 0. The van der Waals surface area contributed by atoms with Crippen LogP contribution in [0.4, 0.5) is 17.1 Å². The number of furan rings is 1. The molecule has 9 aromatic rings. The highest BCUT2D eigenvalue weighted by Crippen LogP contribution is 2.43. The SMILES string of the molecule is c1ccc(-c2ccccc2N(c2ccc(-c3cc4ccccc4c4ccccc34)cc2)c2cccc(-c3cc4ccccc4o3)c2)cc1. The van der Waals surface area contributed by atoms with Crippen LogP contribution in [-0.2, 0) is 0 Å². The monoisotopic (exact) mass is 613 g/mol. The van der Waals surface area contributed by atoms with Crippen LogP contribution in [0.3, 0.4) is 0 Å². The molecule has 0 bridgehead atoms. The van der Waals surface area contributed by atoms with E-state index in [0.717, 1.165) is 44.9 Å². The molecule has 0 amide bonds. The standard InChI is InChI=1S/C46H31NO/c1-2-13-32(14-3-1)40-20-9-10-23-44(40)47(38-18-12-17-35(29-38)46-31-36-16-5-11-24-45(36)48-46)37-27-25-33(26-28-37)43-30-34-15-4-6-19-39(34)41-21-7-8-22-42(41)43/h1-31H. The molecule has 0 radical (unpaired) electrons. The molecule has 0 aliphatic carbocycles. The van der Waals surface area contributed by atoms with Gasteiger partial charge >= 0.3 is 0 Å². The number of hydrogen-bond donors (Lipinski definition) is 0. The van der Waals surface area contributed by atoms with Crippen LogP contribution in [0.1, 0.15) is 0 Å². The third-order valence-electron chi connectivity index (χ3n) is 9.25. The summed E-state index contributed by atoms with van der Waals surface area (Å²) in [5.74, 6) is 0.855. The fourth-order valence-corrected chi connectivity index (χ4v) is 6.96. The number of benzene rings is 8. The summed E-state index contributed by atoms with van der Waals surface area (Å²) < 4.78 is 6.31. The Kier molecular flexibility index (Phi) is 6.84. The van der Waals surface area contributed by atoms with Gasteiger partial charge in [0.1, 0.15) is 11.3 Å². The van der Waals surface area contributed by atoms with E-state index in [0.29, 0.717) is 0 Å². The predicted molar refractivity (Wildman–Crippen MR) is 202 cm³/mol. The number of hydrogen-bond acceptors (Lipinski definition) is 2. The molecule has 0 unspecified atom stereocenters. The second-order valence-corrected chi connectivity index (χ2v) is 12.2. The van der Waals surface area contributed by atoms with Crippen molar-refractivity contribution in [1.29, 1.82) is 0 Å². The summed E-state index contributed by atoms with van der Waals surface area (Å²) in [5, 5.41) is 6.16. The van der Waals surface area contributed by atoms with Gasteiger partial charge in [-0.25, -0.2) is 0 Å². The Morgan fingerprint density at radius 2 is 1.00 bits per heavy atom. The van der Waals surface area contributed by atoms with Gasteiger partial charge in [-0.15, -0.1) is 0 Å². The zero-order chi connectivity index (χ0) is 31.9. The topological polar surface area (TPSA) is 16.4 Å². The maximum atomic E-state index is 6.31. The summed E-state index contributed by atoms with van der Waals surface area (Å²) >= 11 is 0. The second kappa shape index (κ2) is 11.8. The van der Waals surface area contributed by atoms with Crippen LogP contribution in [-0.4, -0.2) is 0 Å². The van der Waals surface area contributed by atoms with Crippen LogP contribution in [0.5, 0.6) is 0 Å². The fourth-order valence-electron chi connectivity index (χ4n) is 6.96. The molecule has 2 heteroatoms. The quantitative estimate of drug-likeness (QED) is 0.174. The Balaban J connectivity index is 1.20.